The van der Waals surface area contributed by atoms with Crippen LogP contribution in [0.25, 0.3) is 122 Å². The molecule has 62 heavy (non-hydrogen) atoms. The second kappa shape index (κ2) is 14.8. The molecule has 3 nitrogen and oxygen atoms in total. The number of benzene rings is 10. The van der Waals surface area contributed by atoms with Crippen molar-refractivity contribution in [3.63, 3.8) is 0 Å². The molecule has 0 fully saturated rings. The van der Waals surface area contributed by atoms with Crippen molar-refractivity contribution in [1.82, 2.24) is 15.0 Å². The second-order valence-corrected chi connectivity index (χ2v) is 15.9. The zero-order chi connectivity index (χ0) is 41.0. The van der Waals surface area contributed by atoms with E-state index in [4.69, 9.17) is 15.0 Å². The lowest BCUT2D eigenvalue weighted by Crippen LogP contribution is -2.00. The molecule has 10 aromatic carbocycles. The van der Waals surface area contributed by atoms with Crippen molar-refractivity contribution in [3.8, 4) is 101 Å². The van der Waals surface area contributed by atoms with Crippen LogP contribution in [-0.2, 0) is 0 Å². The van der Waals surface area contributed by atoms with Crippen LogP contribution in [0.1, 0.15) is 0 Å². The predicted octanol–water partition coefficient (Wildman–Crippen LogP) is 15.5. The highest BCUT2D eigenvalue weighted by Crippen LogP contribution is 2.51. The van der Waals surface area contributed by atoms with Crippen LogP contribution in [0, 0.1) is 0 Å². The molecular weight excluding hydrogens is 751 g/mol. The van der Waals surface area contributed by atoms with E-state index in [1.165, 1.54) is 71.6 Å². The van der Waals surface area contributed by atoms with E-state index in [2.05, 4.69) is 164 Å². The summed E-state index contributed by atoms with van der Waals surface area (Å²) in [6, 6.07) is 80.2. The Morgan fingerprint density at radius 1 is 0.226 bits per heavy atom. The molecule has 0 unspecified atom stereocenters. The van der Waals surface area contributed by atoms with Crippen molar-refractivity contribution >= 4 is 21.5 Å². The molecule has 0 spiro atoms. The molecule has 3 heteroatoms. The standard InChI is InChI=1S/C59H37N3/c1-4-15-38(16-5-1)42-30-32-50-52-28-14-27-51-47(33-34-53(56(51)52)54(50)37-42)43-22-12-24-45(35-43)55-48-26-11-10-17-39(48)29-31-49(55)44-23-13-25-46(36-44)59-61-57(40-18-6-2-7-19-40)60-58(62-59)41-20-8-3-9-21-41/h1-37H. The van der Waals surface area contributed by atoms with Crippen LogP contribution in [0.5, 0.6) is 0 Å². The van der Waals surface area contributed by atoms with E-state index in [0.29, 0.717) is 17.5 Å². The number of nitrogens with zero attached hydrogens (tertiary/aromatic N) is 3. The van der Waals surface area contributed by atoms with Crippen molar-refractivity contribution in [2.45, 2.75) is 0 Å². The summed E-state index contributed by atoms with van der Waals surface area (Å²) in [6.07, 6.45) is 0. The lowest BCUT2D eigenvalue weighted by Gasteiger charge is -2.17. The first kappa shape index (κ1) is 35.7. The number of hydrogen-bond acceptors (Lipinski definition) is 3. The lowest BCUT2D eigenvalue weighted by atomic mass is 9.87. The zero-order valence-corrected chi connectivity index (χ0v) is 33.7. The van der Waals surface area contributed by atoms with Gasteiger partial charge in [0.25, 0.3) is 0 Å². The minimum Gasteiger partial charge on any atom is -0.208 e. The maximum absolute atomic E-state index is 5.06. The van der Waals surface area contributed by atoms with E-state index in [0.717, 1.165) is 33.4 Å². The van der Waals surface area contributed by atoms with Gasteiger partial charge < -0.3 is 0 Å². The van der Waals surface area contributed by atoms with Crippen molar-refractivity contribution in [1.29, 1.82) is 0 Å². The summed E-state index contributed by atoms with van der Waals surface area (Å²) in [7, 11) is 0. The number of hydrogen-bond donors (Lipinski definition) is 0. The molecule has 1 heterocycles. The predicted molar refractivity (Wildman–Crippen MR) is 257 cm³/mol. The molecule has 1 aliphatic rings. The van der Waals surface area contributed by atoms with E-state index >= 15 is 0 Å². The third kappa shape index (κ3) is 6.10. The van der Waals surface area contributed by atoms with Crippen LogP contribution >= 0.6 is 0 Å². The number of aromatic nitrogens is 3. The lowest BCUT2D eigenvalue weighted by molar-refractivity contribution is 1.07. The fourth-order valence-corrected chi connectivity index (χ4v) is 9.35. The molecule has 1 aromatic heterocycles. The topological polar surface area (TPSA) is 38.7 Å². The van der Waals surface area contributed by atoms with Gasteiger partial charge >= 0.3 is 0 Å². The summed E-state index contributed by atoms with van der Waals surface area (Å²) in [5, 5.41) is 4.99. The van der Waals surface area contributed by atoms with Crippen LogP contribution < -0.4 is 0 Å². The zero-order valence-electron chi connectivity index (χ0n) is 33.7. The Morgan fingerprint density at radius 3 is 1.44 bits per heavy atom. The molecule has 12 rings (SSSR count). The number of fused-ring (bicyclic) bond motifs is 4. The third-order valence-electron chi connectivity index (χ3n) is 12.3. The Morgan fingerprint density at radius 2 is 0.710 bits per heavy atom. The summed E-state index contributed by atoms with van der Waals surface area (Å²) >= 11 is 0. The normalized spacial score (nSPS) is 11.5. The minimum absolute atomic E-state index is 0.634. The fourth-order valence-electron chi connectivity index (χ4n) is 9.35. The van der Waals surface area contributed by atoms with E-state index in [1.54, 1.807) is 0 Å². The van der Waals surface area contributed by atoms with Crippen molar-refractivity contribution in [3.05, 3.63) is 224 Å². The van der Waals surface area contributed by atoms with Crippen LogP contribution in [0.2, 0.25) is 0 Å². The first-order valence-electron chi connectivity index (χ1n) is 21.1. The Labute approximate surface area is 360 Å². The van der Waals surface area contributed by atoms with Gasteiger partial charge in [-0.15, -0.1) is 0 Å². The Kier molecular flexibility index (Phi) is 8.50. The average molecular weight is 788 g/mol. The van der Waals surface area contributed by atoms with Gasteiger partial charge in [-0.25, -0.2) is 15.0 Å². The highest BCUT2D eigenvalue weighted by molar-refractivity contribution is 6.19. The second-order valence-electron chi connectivity index (χ2n) is 15.9. The van der Waals surface area contributed by atoms with Crippen molar-refractivity contribution < 1.29 is 0 Å². The van der Waals surface area contributed by atoms with E-state index in [-0.39, 0.29) is 0 Å². The van der Waals surface area contributed by atoms with E-state index < -0.39 is 0 Å². The smallest absolute Gasteiger partial charge is 0.164 e. The van der Waals surface area contributed by atoms with Gasteiger partial charge in [-0.05, 0) is 107 Å². The molecule has 1 aliphatic carbocycles. The Bertz CT molecular complexity index is 3450. The SMILES string of the molecule is c1ccc(-c2ccc3c(c2)-c2ccc(-c4cccc(-c5c(-c6cccc(-c7nc(-c8ccccc8)nc(-c8ccccc8)n7)c6)ccc6ccccc56)c4)c4cccc-3c24)cc1. The third-order valence-corrected chi connectivity index (χ3v) is 12.3. The van der Waals surface area contributed by atoms with Gasteiger partial charge in [0.05, 0.1) is 0 Å². The van der Waals surface area contributed by atoms with E-state index in [9.17, 15) is 0 Å². The highest BCUT2D eigenvalue weighted by Gasteiger charge is 2.24. The molecule has 0 bridgehead atoms. The Balaban J connectivity index is 0.984. The van der Waals surface area contributed by atoms with Gasteiger partial charge in [0.1, 0.15) is 0 Å². The summed E-state index contributed by atoms with van der Waals surface area (Å²) in [6.45, 7) is 0. The van der Waals surface area contributed by atoms with Crippen molar-refractivity contribution in [2.24, 2.45) is 0 Å². The van der Waals surface area contributed by atoms with E-state index in [1.807, 2.05) is 60.7 Å². The van der Waals surface area contributed by atoms with Crippen molar-refractivity contribution in [2.75, 3.05) is 0 Å². The monoisotopic (exact) mass is 787 g/mol. The molecule has 11 aromatic rings. The van der Waals surface area contributed by atoms with Crippen LogP contribution in [0.15, 0.2) is 224 Å². The van der Waals surface area contributed by atoms with Crippen LogP contribution in [-0.4, -0.2) is 15.0 Å². The highest BCUT2D eigenvalue weighted by atomic mass is 15.0. The van der Waals surface area contributed by atoms with Gasteiger partial charge in [0.2, 0.25) is 0 Å². The van der Waals surface area contributed by atoms with Crippen LogP contribution in [0.4, 0.5) is 0 Å². The average Bonchev–Trinajstić information content (AvgIpc) is 3.68. The van der Waals surface area contributed by atoms with Gasteiger partial charge in [-0.2, -0.15) is 0 Å². The first-order chi connectivity index (χ1) is 30.7. The molecule has 0 N–H and O–H groups in total. The maximum Gasteiger partial charge on any atom is 0.164 e. The summed E-state index contributed by atoms with van der Waals surface area (Å²) in [4.78, 5) is 15.1. The molecule has 0 saturated carbocycles. The first-order valence-corrected chi connectivity index (χ1v) is 21.1. The molecule has 0 saturated heterocycles. The summed E-state index contributed by atoms with van der Waals surface area (Å²) < 4.78 is 0. The molecule has 0 atom stereocenters. The Hall–Kier alpha value is -8.27. The number of rotatable bonds is 7. The molecule has 0 amide bonds. The maximum atomic E-state index is 5.06. The largest absolute Gasteiger partial charge is 0.208 e. The molecule has 0 aliphatic heterocycles. The van der Waals surface area contributed by atoms with Gasteiger partial charge in [-0.1, -0.05) is 206 Å². The molecule has 0 radical (unpaired) electrons. The van der Waals surface area contributed by atoms with Gasteiger partial charge in [0, 0.05) is 16.7 Å². The molecular formula is C59H37N3. The van der Waals surface area contributed by atoms with Crippen LogP contribution in [0.3, 0.4) is 0 Å². The van der Waals surface area contributed by atoms with Gasteiger partial charge in [-0.3, -0.25) is 0 Å². The summed E-state index contributed by atoms with van der Waals surface area (Å²) in [5.74, 6) is 1.92. The fraction of sp³-hybridized carbons (Fsp3) is 0. The quantitative estimate of drug-likeness (QED) is 0.161. The minimum atomic E-state index is 0.634. The summed E-state index contributed by atoms with van der Waals surface area (Å²) in [5.41, 5.74) is 17.5. The van der Waals surface area contributed by atoms with Gasteiger partial charge in [0.15, 0.2) is 17.5 Å². The molecule has 288 valence electrons.